The SMILES string of the molecule is C[N+]1(CC2CCNC2)CCC(C(=O)N(CCCNC(=O)c2ccc(Nc3nccn4c(-c5ccc(OC(F)F)c(F)c5F)cnc34)cc2Cl)C(=O)[O-])CC1. The largest absolute Gasteiger partial charge is 0.530 e. The van der Waals surface area contributed by atoms with Gasteiger partial charge in [0, 0.05) is 68.0 Å². The van der Waals surface area contributed by atoms with Crippen LogP contribution < -0.4 is 25.8 Å². The minimum Gasteiger partial charge on any atom is -0.530 e. The van der Waals surface area contributed by atoms with E-state index in [2.05, 4.69) is 37.7 Å². The normalized spacial score (nSPS) is 19.9. The summed E-state index contributed by atoms with van der Waals surface area (Å²) in [7, 11) is 2.20. The second-order valence-electron chi connectivity index (χ2n) is 13.8. The van der Waals surface area contributed by atoms with Gasteiger partial charge in [-0.15, -0.1) is 0 Å². The Morgan fingerprint density at radius 3 is 2.59 bits per heavy atom. The van der Waals surface area contributed by atoms with Crippen LogP contribution in [0, 0.1) is 23.5 Å². The number of aromatic nitrogens is 3. The number of anilines is 2. The molecule has 3 amide bonds. The number of carbonyl (C=O) groups is 3. The molecule has 13 nitrogen and oxygen atoms in total. The van der Waals surface area contributed by atoms with Gasteiger partial charge in [-0.3, -0.25) is 18.9 Å². The Morgan fingerprint density at radius 2 is 1.91 bits per heavy atom. The highest BCUT2D eigenvalue weighted by molar-refractivity contribution is 6.34. The van der Waals surface area contributed by atoms with E-state index in [0.717, 1.165) is 60.7 Å². The maximum absolute atomic E-state index is 14.9. The van der Waals surface area contributed by atoms with Gasteiger partial charge in [-0.05, 0) is 49.7 Å². The third-order valence-corrected chi connectivity index (χ3v) is 10.3. The summed E-state index contributed by atoms with van der Waals surface area (Å²) in [6.45, 7) is 1.30. The molecule has 3 N–H and O–H groups in total. The maximum atomic E-state index is 14.9. The number of likely N-dealkylation sites (tertiary alicyclic amines) is 1. The Balaban J connectivity index is 1.03. The van der Waals surface area contributed by atoms with E-state index in [1.165, 1.54) is 35.1 Å². The van der Waals surface area contributed by atoms with Gasteiger partial charge in [-0.2, -0.15) is 13.2 Å². The molecule has 2 aliphatic rings. The Morgan fingerprint density at radius 1 is 1.13 bits per heavy atom. The number of carbonyl (C=O) groups excluding carboxylic acids is 3. The van der Waals surface area contributed by atoms with Crippen LogP contribution in [0.2, 0.25) is 5.02 Å². The van der Waals surface area contributed by atoms with Crippen molar-refractivity contribution in [2.45, 2.75) is 32.3 Å². The number of benzene rings is 2. The van der Waals surface area contributed by atoms with Crippen LogP contribution >= 0.6 is 11.6 Å². The monoisotopic (exact) mass is 774 g/mol. The fraction of sp³-hybridized carbons (Fsp3) is 0.417. The highest BCUT2D eigenvalue weighted by atomic mass is 35.5. The Labute approximate surface area is 312 Å². The molecule has 2 saturated heterocycles. The van der Waals surface area contributed by atoms with Crippen LogP contribution in [0.1, 0.15) is 36.0 Å². The van der Waals surface area contributed by atoms with Crippen molar-refractivity contribution in [3.05, 3.63) is 71.1 Å². The number of hydrogen-bond donors (Lipinski definition) is 3. The number of imidazole rings is 1. The molecular weight excluding hydrogens is 736 g/mol. The van der Waals surface area contributed by atoms with E-state index >= 15 is 0 Å². The molecule has 18 heteroatoms. The van der Waals surface area contributed by atoms with Crippen LogP contribution in [0.15, 0.2) is 48.9 Å². The van der Waals surface area contributed by atoms with Crippen molar-refractivity contribution in [3.8, 4) is 17.0 Å². The van der Waals surface area contributed by atoms with Crippen LogP contribution in [0.5, 0.6) is 5.75 Å². The molecule has 4 heterocycles. The quantitative estimate of drug-likeness (QED) is 0.102. The summed E-state index contributed by atoms with van der Waals surface area (Å²) in [4.78, 5) is 47.3. The molecule has 0 radical (unpaired) electrons. The zero-order valence-corrected chi connectivity index (χ0v) is 30.1. The first-order chi connectivity index (χ1) is 25.8. The molecule has 288 valence electrons. The lowest BCUT2D eigenvalue weighted by Gasteiger charge is -2.42. The van der Waals surface area contributed by atoms with Gasteiger partial charge in [-0.25, -0.2) is 14.4 Å². The molecular formula is C36H39ClF4N8O5. The topological polar surface area (TPSA) is 153 Å². The molecule has 54 heavy (non-hydrogen) atoms. The van der Waals surface area contributed by atoms with Crippen LogP contribution in [0.25, 0.3) is 16.9 Å². The van der Waals surface area contributed by atoms with Crippen LogP contribution in [0.3, 0.4) is 0 Å². The van der Waals surface area contributed by atoms with Crippen molar-refractivity contribution in [2.75, 3.05) is 58.2 Å². The van der Waals surface area contributed by atoms with Crippen molar-refractivity contribution < 1.29 is 46.3 Å². The predicted molar refractivity (Wildman–Crippen MR) is 188 cm³/mol. The van der Waals surface area contributed by atoms with Gasteiger partial charge in [0.05, 0.1) is 49.2 Å². The van der Waals surface area contributed by atoms with Crippen molar-refractivity contribution in [1.82, 2.24) is 29.9 Å². The number of carboxylic acid groups (broad SMARTS) is 1. The van der Waals surface area contributed by atoms with Gasteiger partial charge in [0.15, 0.2) is 23.0 Å². The first kappa shape index (κ1) is 38.7. The summed E-state index contributed by atoms with van der Waals surface area (Å²) >= 11 is 6.45. The van der Waals surface area contributed by atoms with E-state index in [1.54, 1.807) is 6.07 Å². The van der Waals surface area contributed by atoms with Gasteiger partial charge in [0.1, 0.15) is 6.09 Å². The average molecular weight is 775 g/mol. The summed E-state index contributed by atoms with van der Waals surface area (Å²) in [5.74, 6) is -4.47. The molecule has 2 aromatic carbocycles. The summed E-state index contributed by atoms with van der Waals surface area (Å²) in [6, 6.07) is 6.48. The first-order valence-electron chi connectivity index (χ1n) is 17.5. The van der Waals surface area contributed by atoms with E-state index in [-0.39, 0.29) is 52.8 Å². The lowest BCUT2D eigenvalue weighted by Crippen LogP contribution is -2.55. The summed E-state index contributed by atoms with van der Waals surface area (Å²) in [5, 5.41) is 21.1. The second kappa shape index (κ2) is 16.6. The van der Waals surface area contributed by atoms with Crippen LogP contribution in [0.4, 0.5) is 33.9 Å². The van der Waals surface area contributed by atoms with E-state index in [0.29, 0.717) is 24.4 Å². The molecule has 0 bridgehead atoms. The number of halogens is 5. The lowest BCUT2D eigenvalue weighted by molar-refractivity contribution is -0.917. The molecule has 4 aromatic rings. The number of hydrogen-bond acceptors (Lipinski definition) is 9. The predicted octanol–water partition coefficient (Wildman–Crippen LogP) is 4.43. The first-order valence-corrected chi connectivity index (χ1v) is 17.9. The van der Waals surface area contributed by atoms with Gasteiger partial charge in [0.25, 0.3) is 5.91 Å². The number of alkyl halides is 2. The number of quaternary nitrogens is 1. The van der Waals surface area contributed by atoms with E-state index in [9.17, 15) is 37.1 Å². The number of nitrogens with one attached hydrogen (secondary N) is 3. The fourth-order valence-corrected chi connectivity index (χ4v) is 7.46. The summed E-state index contributed by atoms with van der Waals surface area (Å²) in [5.41, 5.74) is 0.609. The van der Waals surface area contributed by atoms with Crippen molar-refractivity contribution in [3.63, 3.8) is 0 Å². The van der Waals surface area contributed by atoms with Gasteiger partial charge >= 0.3 is 6.61 Å². The lowest BCUT2D eigenvalue weighted by atomic mass is 9.92. The number of piperidine rings is 1. The standard InChI is InChI=1S/C36H39ClF4N8O5/c1-49(20-21-7-11-42-18-21)15-8-22(9-16-49)34(51)48(36(52)53)13-2-10-44-33(50)24-4-3-23(17-26(24)37)46-31-32-45-19-27(47(32)14-12-43-31)25-5-6-28(54-35(40)41)30(39)29(25)38/h3-6,12,14,17,19,21-22,35,42H,2,7-11,13,15-16,18,20H2,1H3,(H2-,43,44,46,50,52,53). The van der Waals surface area contributed by atoms with Crippen LogP contribution in [-0.2, 0) is 4.79 Å². The fourth-order valence-electron chi connectivity index (χ4n) is 7.20. The third kappa shape index (κ3) is 8.69. The van der Waals surface area contributed by atoms with Gasteiger partial charge in [0.2, 0.25) is 11.7 Å². The molecule has 6 rings (SSSR count). The third-order valence-electron chi connectivity index (χ3n) is 10.0. The molecule has 0 saturated carbocycles. The number of amides is 3. The number of fused-ring (bicyclic) bond motifs is 1. The summed E-state index contributed by atoms with van der Waals surface area (Å²) in [6.07, 6.45) is 5.05. The molecule has 0 aliphatic carbocycles. The number of nitrogens with zero attached hydrogens (tertiary/aromatic N) is 5. The van der Waals surface area contributed by atoms with E-state index in [1.807, 2.05) is 0 Å². The number of imide groups is 1. The highest BCUT2D eigenvalue weighted by Crippen LogP contribution is 2.33. The molecule has 2 aliphatic heterocycles. The second-order valence-corrected chi connectivity index (χ2v) is 14.2. The van der Waals surface area contributed by atoms with Gasteiger partial charge in [-0.1, -0.05) is 11.6 Å². The maximum Gasteiger partial charge on any atom is 0.387 e. The van der Waals surface area contributed by atoms with E-state index < -0.39 is 47.8 Å². The molecule has 2 aromatic heterocycles. The Bertz CT molecular complexity index is 2020. The summed E-state index contributed by atoms with van der Waals surface area (Å²) < 4.78 is 60.8. The average Bonchev–Trinajstić information content (AvgIpc) is 3.80. The number of rotatable bonds is 13. The molecule has 1 atom stereocenters. The van der Waals surface area contributed by atoms with E-state index in [4.69, 9.17) is 11.6 Å². The highest BCUT2D eigenvalue weighted by Gasteiger charge is 2.37. The van der Waals surface area contributed by atoms with Gasteiger partial charge < -0.3 is 35.1 Å². The molecule has 1 unspecified atom stereocenters. The number of ether oxygens (including phenoxy) is 1. The molecule has 0 spiro atoms. The van der Waals surface area contributed by atoms with Crippen LogP contribution in [-0.4, -0.2) is 101 Å². The minimum absolute atomic E-state index is 0.0713. The zero-order valence-electron chi connectivity index (χ0n) is 29.3. The zero-order chi connectivity index (χ0) is 38.6. The smallest absolute Gasteiger partial charge is 0.387 e. The Kier molecular flexibility index (Phi) is 11.9. The van der Waals surface area contributed by atoms with Crippen molar-refractivity contribution in [1.29, 1.82) is 0 Å². The Hall–Kier alpha value is -5.00. The molecule has 2 fully saturated rings. The van der Waals surface area contributed by atoms with Crippen molar-refractivity contribution >= 4 is 46.7 Å². The van der Waals surface area contributed by atoms with Crippen molar-refractivity contribution in [2.24, 2.45) is 11.8 Å². The minimum atomic E-state index is -3.33.